The Bertz CT molecular complexity index is 1380. The third kappa shape index (κ3) is 3.93. The second-order valence-electron chi connectivity index (χ2n) is 7.07. The zero-order valence-corrected chi connectivity index (χ0v) is 17.2. The van der Waals surface area contributed by atoms with E-state index in [1.165, 1.54) is 6.08 Å². The minimum Gasteiger partial charge on any atom is -0.453 e. The lowest BCUT2D eigenvalue weighted by Gasteiger charge is -2.01. The van der Waals surface area contributed by atoms with Crippen LogP contribution < -0.4 is 0 Å². The van der Waals surface area contributed by atoms with Crippen molar-refractivity contribution in [2.24, 2.45) is 0 Å². The summed E-state index contributed by atoms with van der Waals surface area (Å²) in [6.07, 6.45) is 5.17. The SMILES string of the molecule is O=C(/C=C/c1cn(-c2ccccc2)nc1-c1cccc(Cl)c1)c1cc2ccccc2o1. The van der Waals surface area contributed by atoms with Gasteiger partial charge in [0.15, 0.2) is 5.76 Å². The van der Waals surface area contributed by atoms with E-state index in [9.17, 15) is 4.79 Å². The smallest absolute Gasteiger partial charge is 0.221 e. The Morgan fingerprint density at radius 1 is 0.935 bits per heavy atom. The molecule has 150 valence electrons. The minimum absolute atomic E-state index is 0.208. The number of benzene rings is 3. The number of hydrogen-bond donors (Lipinski definition) is 0. The number of nitrogens with zero attached hydrogens (tertiary/aromatic N) is 2. The number of hydrogen-bond acceptors (Lipinski definition) is 3. The fourth-order valence-electron chi connectivity index (χ4n) is 3.43. The van der Waals surface area contributed by atoms with Crippen molar-refractivity contribution in [2.45, 2.75) is 0 Å². The zero-order chi connectivity index (χ0) is 21.2. The highest BCUT2D eigenvalue weighted by Gasteiger charge is 2.13. The quantitative estimate of drug-likeness (QED) is 0.229. The number of fused-ring (bicyclic) bond motifs is 1. The normalized spacial score (nSPS) is 11.4. The van der Waals surface area contributed by atoms with Crippen LogP contribution in [0.25, 0.3) is 34.0 Å². The van der Waals surface area contributed by atoms with Crippen LogP contribution in [0.5, 0.6) is 0 Å². The van der Waals surface area contributed by atoms with E-state index in [-0.39, 0.29) is 5.78 Å². The summed E-state index contributed by atoms with van der Waals surface area (Å²) in [5.41, 5.74) is 4.03. The van der Waals surface area contributed by atoms with Crippen molar-refractivity contribution in [3.05, 3.63) is 114 Å². The number of aromatic nitrogens is 2. The number of allylic oxidation sites excluding steroid dienone is 1. The first kappa shape index (κ1) is 19.1. The average Bonchev–Trinajstić information content (AvgIpc) is 3.43. The summed E-state index contributed by atoms with van der Waals surface area (Å²) < 4.78 is 7.48. The largest absolute Gasteiger partial charge is 0.453 e. The molecule has 5 heteroatoms. The molecule has 0 saturated carbocycles. The number of rotatable bonds is 5. The molecule has 0 radical (unpaired) electrons. The second-order valence-corrected chi connectivity index (χ2v) is 7.51. The maximum atomic E-state index is 12.7. The lowest BCUT2D eigenvalue weighted by atomic mass is 10.1. The molecule has 0 amide bonds. The van der Waals surface area contributed by atoms with Gasteiger partial charge in [0.2, 0.25) is 5.78 Å². The molecule has 5 rings (SSSR count). The molecule has 0 aliphatic heterocycles. The van der Waals surface area contributed by atoms with E-state index in [1.54, 1.807) is 16.8 Å². The van der Waals surface area contributed by atoms with Crippen LogP contribution in [-0.2, 0) is 0 Å². The molecule has 3 aromatic carbocycles. The highest BCUT2D eigenvalue weighted by atomic mass is 35.5. The fraction of sp³-hybridized carbons (Fsp3) is 0. The van der Waals surface area contributed by atoms with Crippen LogP contribution >= 0.6 is 11.6 Å². The van der Waals surface area contributed by atoms with Gasteiger partial charge in [-0.1, -0.05) is 60.1 Å². The molecule has 0 fully saturated rings. The number of para-hydroxylation sites is 2. The van der Waals surface area contributed by atoms with E-state index in [0.717, 1.165) is 27.9 Å². The van der Waals surface area contributed by atoms with Crippen LogP contribution in [0.15, 0.2) is 102 Å². The first-order valence-corrected chi connectivity index (χ1v) is 10.2. The number of halogens is 1. The molecule has 0 unspecified atom stereocenters. The van der Waals surface area contributed by atoms with Crippen molar-refractivity contribution in [3.63, 3.8) is 0 Å². The van der Waals surface area contributed by atoms with Gasteiger partial charge in [0.1, 0.15) is 5.58 Å². The Kier molecular flexibility index (Phi) is 4.98. The Labute approximate surface area is 184 Å². The first-order valence-electron chi connectivity index (χ1n) is 9.79. The van der Waals surface area contributed by atoms with Crippen molar-refractivity contribution < 1.29 is 9.21 Å². The molecule has 0 aliphatic rings. The topological polar surface area (TPSA) is 48.0 Å². The van der Waals surface area contributed by atoms with Crippen LogP contribution in [-0.4, -0.2) is 15.6 Å². The molecule has 5 aromatic rings. The van der Waals surface area contributed by atoms with Crippen LogP contribution in [0, 0.1) is 0 Å². The molecule has 0 aliphatic carbocycles. The standard InChI is InChI=1S/C26H17ClN2O2/c27-21-9-6-8-19(15-21)26-20(17-29(28-26)22-10-2-1-3-11-22)13-14-23(30)25-16-18-7-4-5-12-24(18)31-25/h1-17H/b14-13+. The maximum absolute atomic E-state index is 12.7. The third-order valence-electron chi connectivity index (χ3n) is 4.94. The van der Waals surface area contributed by atoms with Crippen LogP contribution in [0.3, 0.4) is 0 Å². The highest BCUT2D eigenvalue weighted by molar-refractivity contribution is 6.30. The van der Waals surface area contributed by atoms with Gasteiger partial charge in [-0.2, -0.15) is 5.10 Å². The average molecular weight is 425 g/mol. The predicted octanol–water partition coefficient (Wildman–Crippen LogP) is 6.84. The molecule has 0 N–H and O–H groups in total. The zero-order valence-electron chi connectivity index (χ0n) is 16.4. The van der Waals surface area contributed by atoms with Crippen molar-refractivity contribution >= 4 is 34.4 Å². The maximum Gasteiger partial charge on any atom is 0.221 e. The van der Waals surface area contributed by atoms with Gasteiger partial charge in [-0.25, -0.2) is 4.68 Å². The van der Waals surface area contributed by atoms with Crippen molar-refractivity contribution in [1.29, 1.82) is 0 Å². The lowest BCUT2D eigenvalue weighted by molar-refractivity contribution is 0.102. The summed E-state index contributed by atoms with van der Waals surface area (Å²) in [6, 6.07) is 26.6. The van der Waals surface area contributed by atoms with Gasteiger partial charge < -0.3 is 4.42 Å². The molecular weight excluding hydrogens is 408 g/mol. The van der Waals surface area contributed by atoms with E-state index < -0.39 is 0 Å². The number of carbonyl (C=O) groups is 1. The molecule has 0 spiro atoms. The first-order chi connectivity index (χ1) is 15.2. The molecule has 0 atom stereocenters. The molecule has 0 bridgehead atoms. The molecule has 0 saturated heterocycles. The van der Waals surface area contributed by atoms with E-state index in [4.69, 9.17) is 21.1 Å². The van der Waals surface area contributed by atoms with Crippen LogP contribution in [0.1, 0.15) is 16.1 Å². The second kappa shape index (κ2) is 8.09. The van der Waals surface area contributed by atoms with Gasteiger partial charge in [-0.15, -0.1) is 0 Å². The van der Waals surface area contributed by atoms with E-state index >= 15 is 0 Å². The van der Waals surface area contributed by atoms with Gasteiger partial charge in [0.25, 0.3) is 0 Å². The Balaban J connectivity index is 1.53. The van der Waals surface area contributed by atoms with E-state index in [1.807, 2.05) is 85.1 Å². The predicted molar refractivity (Wildman–Crippen MR) is 124 cm³/mol. The van der Waals surface area contributed by atoms with E-state index in [2.05, 4.69) is 0 Å². The number of furan rings is 1. The fourth-order valence-corrected chi connectivity index (χ4v) is 3.62. The summed E-state index contributed by atoms with van der Waals surface area (Å²) in [4.78, 5) is 12.7. The van der Waals surface area contributed by atoms with Gasteiger partial charge in [0.05, 0.1) is 11.4 Å². The Morgan fingerprint density at radius 2 is 1.74 bits per heavy atom. The highest BCUT2D eigenvalue weighted by Crippen LogP contribution is 2.27. The summed E-state index contributed by atoms with van der Waals surface area (Å²) in [5, 5.41) is 6.27. The Hall–Kier alpha value is -3.89. The van der Waals surface area contributed by atoms with Crippen molar-refractivity contribution in [1.82, 2.24) is 9.78 Å². The van der Waals surface area contributed by atoms with Crippen molar-refractivity contribution in [3.8, 4) is 16.9 Å². The summed E-state index contributed by atoms with van der Waals surface area (Å²) >= 11 is 6.20. The number of carbonyl (C=O) groups excluding carboxylic acids is 1. The van der Waals surface area contributed by atoms with Crippen LogP contribution in [0.2, 0.25) is 5.02 Å². The van der Waals surface area contributed by atoms with Crippen molar-refractivity contribution in [2.75, 3.05) is 0 Å². The minimum atomic E-state index is -0.208. The third-order valence-corrected chi connectivity index (χ3v) is 5.18. The summed E-state index contributed by atoms with van der Waals surface area (Å²) in [5.74, 6) is 0.0953. The molecule has 2 heterocycles. The Morgan fingerprint density at radius 3 is 2.55 bits per heavy atom. The van der Waals surface area contributed by atoms with Crippen LogP contribution in [0.4, 0.5) is 0 Å². The van der Waals surface area contributed by atoms with E-state index in [0.29, 0.717) is 16.4 Å². The van der Waals surface area contributed by atoms with Gasteiger partial charge in [0, 0.05) is 27.7 Å². The van der Waals surface area contributed by atoms with Gasteiger partial charge >= 0.3 is 0 Å². The lowest BCUT2D eigenvalue weighted by Crippen LogP contribution is -1.93. The molecule has 2 aromatic heterocycles. The van der Waals surface area contributed by atoms with Gasteiger partial charge in [-0.05, 0) is 48.6 Å². The summed E-state index contributed by atoms with van der Waals surface area (Å²) in [7, 11) is 0. The molecule has 4 nitrogen and oxygen atoms in total. The number of ketones is 1. The molecular formula is C26H17ClN2O2. The monoisotopic (exact) mass is 424 g/mol. The molecule has 31 heavy (non-hydrogen) atoms. The van der Waals surface area contributed by atoms with Gasteiger partial charge in [-0.3, -0.25) is 4.79 Å². The summed E-state index contributed by atoms with van der Waals surface area (Å²) in [6.45, 7) is 0.